The second-order valence-corrected chi connectivity index (χ2v) is 9.32. The van der Waals surface area contributed by atoms with Gasteiger partial charge in [-0.1, -0.05) is 50.5 Å². The maximum Gasteiger partial charge on any atom is 0.123 e. The average Bonchev–Trinajstić information content (AvgIpc) is 2.72. The number of hydrogen-bond donors (Lipinski definition) is 0. The molecule has 0 spiro atoms. The normalized spacial score (nSPS) is 28.8. The lowest BCUT2D eigenvalue weighted by atomic mass is 9.69. The standard InChI is InChI=1S/C26H39F/c1-3-4-5-21-8-14-24(15-9-21)20(2)25-16-10-22(11-17-25)6-7-23-12-18-26(27)19-13-23/h12-13,18-19,21-22,24-25H,2-11,14-17H2,1H3. The Labute approximate surface area is 166 Å². The van der Waals surface area contributed by atoms with Crippen LogP contribution in [0.5, 0.6) is 0 Å². The van der Waals surface area contributed by atoms with E-state index in [-0.39, 0.29) is 5.82 Å². The number of halogens is 1. The van der Waals surface area contributed by atoms with E-state index in [0.29, 0.717) is 0 Å². The average molecular weight is 371 g/mol. The van der Waals surface area contributed by atoms with Crippen LogP contribution in [0.15, 0.2) is 36.4 Å². The van der Waals surface area contributed by atoms with E-state index in [1.54, 1.807) is 17.7 Å². The Morgan fingerprint density at radius 2 is 1.37 bits per heavy atom. The molecule has 150 valence electrons. The number of allylic oxidation sites excluding steroid dienone is 1. The van der Waals surface area contributed by atoms with Crippen LogP contribution in [0.4, 0.5) is 4.39 Å². The van der Waals surface area contributed by atoms with Crippen LogP contribution in [0.3, 0.4) is 0 Å². The van der Waals surface area contributed by atoms with E-state index in [4.69, 9.17) is 0 Å². The van der Waals surface area contributed by atoms with E-state index in [0.717, 1.165) is 30.1 Å². The first kappa shape index (κ1) is 20.6. The molecule has 2 saturated carbocycles. The van der Waals surface area contributed by atoms with Crippen LogP contribution in [-0.4, -0.2) is 0 Å². The van der Waals surface area contributed by atoms with Crippen molar-refractivity contribution in [3.63, 3.8) is 0 Å². The van der Waals surface area contributed by atoms with Crippen molar-refractivity contribution < 1.29 is 4.39 Å². The maximum atomic E-state index is 13.0. The Morgan fingerprint density at radius 1 is 0.852 bits per heavy atom. The van der Waals surface area contributed by atoms with Crippen molar-refractivity contribution in [1.82, 2.24) is 0 Å². The van der Waals surface area contributed by atoms with Crippen molar-refractivity contribution in [3.8, 4) is 0 Å². The molecule has 0 unspecified atom stereocenters. The van der Waals surface area contributed by atoms with Crippen LogP contribution in [0.2, 0.25) is 0 Å². The molecule has 3 rings (SSSR count). The van der Waals surface area contributed by atoms with Gasteiger partial charge in [-0.3, -0.25) is 0 Å². The molecule has 1 aromatic rings. The van der Waals surface area contributed by atoms with Gasteiger partial charge in [0.25, 0.3) is 0 Å². The molecule has 2 aliphatic carbocycles. The van der Waals surface area contributed by atoms with Gasteiger partial charge >= 0.3 is 0 Å². The Balaban J connectivity index is 1.36. The molecule has 2 aliphatic rings. The van der Waals surface area contributed by atoms with Gasteiger partial charge < -0.3 is 0 Å². The highest BCUT2D eigenvalue weighted by molar-refractivity contribution is 5.16. The van der Waals surface area contributed by atoms with Crippen molar-refractivity contribution >= 4 is 0 Å². The van der Waals surface area contributed by atoms with Gasteiger partial charge in [-0.25, -0.2) is 4.39 Å². The fraction of sp³-hybridized carbons (Fsp3) is 0.692. The molecule has 0 bridgehead atoms. The summed E-state index contributed by atoms with van der Waals surface area (Å²) in [4.78, 5) is 0. The minimum atomic E-state index is -0.128. The van der Waals surface area contributed by atoms with Gasteiger partial charge in [0.05, 0.1) is 0 Å². The van der Waals surface area contributed by atoms with E-state index in [1.807, 2.05) is 12.1 Å². The third kappa shape index (κ3) is 6.19. The highest BCUT2D eigenvalue weighted by Crippen LogP contribution is 2.42. The van der Waals surface area contributed by atoms with Gasteiger partial charge in [-0.05, 0) is 106 Å². The summed E-state index contributed by atoms with van der Waals surface area (Å²) in [7, 11) is 0. The summed E-state index contributed by atoms with van der Waals surface area (Å²) in [5.41, 5.74) is 2.88. The van der Waals surface area contributed by atoms with Gasteiger partial charge in [0.1, 0.15) is 5.82 Å². The molecule has 1 aromatic carbocycles. The van der Waals surface area contributed by atoms with Crippen LogP contribution in [0.1, 0.15) is 89.5 Å². The zero-order chi connectivity index (χ0) is 19.1. The molecular weight excluding hydrogens is 331 g/mol. The molecule has 0 saturated heterocycles. The van der Waals surface area contributed by atoms with Crippen LogP contribution >= 0.6 is 0 Å². The molecule has 0 radical (unpaired) electrons. The van der Waals surface area contributed by atoms with Gasteiger partial charge in [-0.2, -0.15) is 0 Å². The van der Waals surface area contributed by atoms with Crippen LogP contribution < -0.4 is 0 Å². The second kappa shape index (κ2) is 10.4. The third-order valence-corrected chi connectivity index (χ3v) is 7.46. The summed E-state index contributed by atoms with van der Waals surface area (Å²) in [6.45, 7) is 6.89. The molecule has 0 nitrogen and oxygen atoms in total. The molecule has 0 atom stereocenters. The Bertz CT molecular complexity index is 556. The van der Waals surface area contributed by atoms with Crippen molar-refractivity contribution in [3.05, 3.63) is 47.8 Å². The van der Waals surface area contributed by atoms with Gasteiger partial charge in [0, 0.05) is 0 Å². The SMILES string of the molecule is C=C(C1CCC(CCCC)CC1)C1CCC(CCc2ccc(F)cc2)CC1. The minimum Gasteiger partial charge on any atom is -0.207 e. The molecule has 0 aliphatic heterocycles. The summed E-state index contributed by atoms with van der Waals surface area (Å²) >= 11 is 0. The molecule has 2 fully saturated rings. The van der Waals surface area contributed by atoms with Crippen molar-refractivity contribution in [2.24, 2.45) is 23.7 Å². The predicted molar refractivity (Wildman–Crippen MR) is 114 cm³/mol. The number of rotatable bonds is 8. The summed E-state index contributed by atoms with van der Waals surface area (Å²) in [6.07, 6.45) is 17.7. The smallest absolute Gasteiger partial charge is 0.123 e. The van der Waals surface area contributed by atoms with E-state index >= 15 is 0 Å². The van der Waals surface area contributed by atoms with Crippen molar-refractivity contribution in [1.29, 1.82) is 0 Å². The van der Waals surface area contributed by atoms with E-state index in [1.165, 1.54) is 82.6 Å². The molecule has 0 amide bonds. The predicted octanol–water partition coefficient (Wildman–Crippen LogP) is 8.12. The number of hydrogen-bond acceptors (Lipinski definition) is 0. The summed E-state index contributed by atoms with van der Waals surface area (Å²) in [5, 5.41) is 0. The highest BCUT2D eigenvalue weighted by atomic mass is 19.1. The van der Waals surface area contributed by atoms with Crippen LogP contribution in [0.25, 0.3) is 0 Å². The van der Waals surface area contributed by atoms with Gasteiger partial charge in [0.15, 0.2) is 0 Å². The monoisotopic (exact) mass is 370 g/mol. The maximum absolute atomic E-state index is 13.0. The molecule has 27 heavy (non-hydrogen) atoms. The largest absolute Gasteiger partial charge is 0.207 e. The zero-order valence-electron chi connectivity index (χ0n) is 17.4. The molecule has 1 heteroatoms. The molecular formula is C26H39F. The Kier molecular flexibility index (Phi) is 7.97. The first-order valence-electron chi connectivity index (χ1n) is 11.6. The van der Waals surface area contributed by atoms with Crippen LogP contribution in [0, 0.1) is 29.5 Å². The van der Waals surface area contributed by atoms with Crippen molar-refractivity contribution in [2.45, 2.75) is 90.4 Å². The van der Waals surface area contributed by atoms with E-state index in [9.17, 15) is 4.39 Å². The minimum absolute atomic E-state index is 0.128. The lowest BCUT2D eigenvalue weighted by Gasteiger charge is -2.36. The van der Waals surface area contributed by atoms with E-state index in [2.05, 4.69) is 13.5 Å². The van der Waals surface area contributed by atoms with Gasteiger partial charge in [-0.15, -0.1) is 0 Å². The lowest BCUT2D eigenvalue weighted by Crippen LogP contribution is -2.23. The second-order valence-electron chi connectivity index (χ2n) is 9.32. The first-order chi connectivity index (χ1) is 13.2. The number of benzene rings is 1. The lowest BCUT2D eigenvalue weighted by molar-refractivity contribution is 0.239. The summed E-state index contributed by atoms with van der Waals surface area (Å²) in [5.74, 6) is 3.31. The summed E-state index contributed by atoms with van der Waals surface area (Å²) < 4.78 is 13.0. The fourth-order valence-corrected chi connectivity index (χ4v) is 5.49. The topological polar surface area (TPSA) is 0 Å². The van der Waals surface area contributed by atoms with Crippen molar-refractivity contribution in [2.75, 3.05) is 0 Å². The quantitative estimate of drug-likeness (QED) is 0.405. The molecule has 0 heterocycles. The zero-order valence-corrected chi connectivity index (χ0v) is 17.4. The fourth-order valence-electron chi connectivity index (χ4n) is 5.49. The molecule has 0 N–H and O–H groups in total. The number of unbranched alkanes of at least 4 members (excludes halogenated alkanes) is 1. The van der Waals surface area contributed by atoms with Crippen LogP contribution in [-0.2, 0) is 6.42 Å². The number of aryl methyl sites for hydroxylation is 1. The first-order valence-corrected chi connectivity index (χ1v) is 11.6. The third-order valence-electron chi connectivity index (χ3n) is 7.46. The Morgan fingerprint density at radius 3 is 1.89 bits per heavy atom. The Hall–Kier alpha value is -1.11. The summed E-state index contributed by atoms with van der Waals surface area (Å²) in [6, 6.07) is 7.07. The van der Waals surface area contributed by atoms with Gasteiger partial charge in [0.2, 0.25) is 0 Å². The molecule has 0 aromatic heterocycles. The highest BCUT2D eigenvalue weighted by Gasteiger charge is 2.29. The van der Waals surface area contributed by atoms with E-state index < -0.39 is 0 Å².